The van der Waals surface area contributed by atoms with E-state index < -0.39 is 5.97 Å². The lowest BCUT2D eigenvalue weighted by molar-refractivity contribution is -0.119. The quantitative estimate of drug-likeness (QED) is 0.589. The van der Waals surface area contributed by atoms with Crippen LogP contribution in [0, 0.1) is 13.8 Å². The number of anilines is 2. The van der Waals surface area contributed by atoms with E-state index >= 15 is 0 Å². The van der Waals surface area contributed by atoms with Gasteiger partial charge in [0.2, 0.25) is 11.8 Å². The first kappa shape index (κ1) is 21.5. The molecule has 2 aromatic rings. The van der Waals surface area contributed by atoms with Gasteiger partial charge in [0.15, 0.2) is 0 Å². The summed E-state index contributed by atoms with van der Waals surface area (Å²) < 4.78 is 0. The molecule has 0 atom stereocenters. The minimum atomic E-state index is -1.01. The van der Waals surface area contributed by atoms with Crippen LogP contribution >= 0.6 is 0 Å². The molecule has 3 rings (SSSR count). The lowest BCUT2D eigenvalue weighted by atomic mass is 10.1. The fourth-order valence-electron chi connectivity index (χ4n) is 3.24. The van der Waals surface area contributed by atoms with E-state index in [1.54, 1.807) is 12.1 Å². The first-order valence-electron chi connectivity index (χ1n) is 10.1. The summed E-state index contributed by atoms with van der Waals surface area (Å²) >= 11 is 0. The zero-order chi connectivity index (χ0) is 21.7. The normalized spacial score (nSPS) is 13.2. The number of carbonyl (C=O) groups excluding carboxylic acids is 2. The number of nitrogens with zero attached hydrogens (tertiary/aromatic N) is 1. The Morgan fingerprint density at radius 2 is 1.70 bits per heavy atom. The molecule has 2 amide bonds. The molecule has 1 fully saturated rings. The predicted molar refractivity (Wildman–Crippen MR) is 116 cm³/mol. The predicted octanol–water partition coefficient (Wildman–Crippen LogP) is 3.43. The van der Waals surface area contributed by atoms with Gasteiger partial charge in [0.05, 0.1) is 12.1 Å². The third-order valence-corrected chi connectivity index (χ3v) is 5.12. The van der Waals surface area contributed by atoms with Gasteiger partial charge in [0.25, 0.3) is 0 Å². The van der Waals surface area contributed by atoms with Crippen molar-refractivity contribution < 1.29 is 19.5 Å². The summed E-state index contributed by atoms with van der Waals surface area (Å²) in [5.74, 6) is -1.26. The van der Waals surface area contributed by atoms with Gasteiger partial charge in [0, 0.05) is 30.4 Å². The summed E-state index contributed by atoms with van der Waals surface area (Å²) in [4.78, 5) is 37.8. The molecule has 0 heterocycles. The zero-order valence-corrected chi connectivity index (χ0v) is 17.3. The van der Waals surface area contributed by atoms with Gasteiger partial charge in [-0.15, -0.1) is 0 Å². The van der Waals surface area contributed by atoms with E-state index in [4.69, 9.17) is 5.11 Å². The Morgan fingerprint density at radius 3 is 2.33 bits per heavy atom. The number of hydrogen-bond acceptors (Lipinski definition) is 4. The van der Waals surface area contributed by atoms with Crippen molar-refractivity contribution in [2.75, 3.05) is 23.7 Å². The number of nitrogens with one attached hydrogen (secondary N) is 2. The Kier molecular flexibility index (Phi) is 6.84. The monoisotopic (exact) mass is 409 g/mol. The van der Waals surface area contributed by atoms with E-state index in [9.17, 15) is 14.4 Å². The van der Waals surface area contributed by atoms with Crippen LogP contribution in [-0.2, 0) is 9.59 Å². The van der Waals surface area contributed by atoms with Gasteiger partial charge < -0.3 is 15.7 Å². The summed E-state index contributed by atoms with van der Waals surface area (Å²) in [5, 5.41) is 14.7. The third kappa shape index (κ3) is 6.15. The van der Waals surface area contributed by atoms with E-state index in [0.29, 0.717) is 18.3 Å². The van der Waals surface area contributed by atoms with Crippen molar-refractivity contribution in [3.63, 3.8) is 0 Å². The lowest BCUT2D eigenvalue weighted by Crippen LogP contribution is -2.37. The van der Waals surface area contributed by atoms with Crippen LogP contribution in [0.15, 0.2) is 42.5 Å². The number of rotatable bonds is 9. The summed E-state index contributed by atoms with van der Waals surface area (Å²) in [6.45, 7) is 4.68. The number of benzene rings is 2. The average molecular weight is 409 g/mol. The Bertz CT molecular complexity index is 936. The summed E-state index contributed by atoms with van der Waals surface area (Å²) in [7, 11) is 0. The fraction of sp³-hybridized carbons (Fsp3) is 0.348. The zero-order valence-electron chi connectivity index (χ0n) is 17.3. The highest BCUT2D eigenvalue weighted by Crippen LogP contribution is 2.27. The molecular weight excluding hydrogens is 382 g/mol. The molecular formula is C23H27N3O4. The molecule has 1 aliphatic rings. The number of aromatic carboxylic acids is 1. The molecule has 0 bridgehead atoms. The lowest BCUT2D eigenvalue weighted by Gasteiger charge is -2.21. The Labute approximate surface area is 176 Å². The second kappa shape index (κ2) is 9.54. The van der Waals surface area contributed by atoms with E-state index in [1.807, 2.05) is 36.9 Å². The SMILES string of the molecule is Cc1ccc(C)c(NC(=O)CN(CCC(=O)Nc2ccc(C(=O)O)cc2)C2CC2)c1. The van der Waals surface area contributed by atoms with Crippen molar-refractivity contribution in [2.45, 2.75) is 39.2 Å². The topological polar surface area (TPSA) is 98.7 Å². The van der Waals surface area contributed by atoms with Crippen LogP contribution in [0.4, 0.5) is 11.4 Å². The van der Waals surface area contributed by atoms with Crippen molar-refractivity contribution in [1.82, 2.24) is 4.90 Å². The van der Waals surface area contributed by atoms with Crippen LogP contribution in [0.3, 0.4) is 0 Å². The molecule has 2 aromatic carbocycles. The first-order chi connectivity index (χ1) is 14.3. The van der Waals surface area contributed by atoms with E-state index in [2.05, 4.69) is 10.6 Å². The van der Waals surface area contributed by atoms with E-state index in [0.717, 1.165) is 29.7 Å². The van der Waals surface area contributed by atoms with Crippen molar-refractivity contribution >= 4 is 29.2 Å². The van der Waals surface area contributed by atoms with Crippen molar-refractivity contribution in [3.8, 4) is 0 Å². The van der Waals surface area contributed by atoms with Crippen LogP contribution in [-0.4, -0.2) is 46.9 Å². The van der Waals surface area contributed by atoms with Gasteiger partial charge in [-0.2, -0.15) is 0 Å². The molecule has 7 nitrogen and oxygen atoms in total. The van der Waals surface area contributed by atoms with Crippen molar-refractivity contribution in [1.29, 1.82) is 0 Å². The molecule has 0 unspecified atom stereocenters. The highest BCUT2D eigenvalue weighted by atomic mass is 16.4. The van der Waals surface area contributed by atoms with Gasteiger partial charge in [-0.05, 0) is 68.1 Å². The minimum absolute atomic E-state index is 0.0831. The molecule has 1 aliphatic carbocycles. The first-order valence-corrected chi connectivity index (χ1v) is 10.1. The molecule has 0 aliphatic heterocycles. The number of hydrogen-bond donors (Lipinski definition) is 3. The van der Waals surface area contributed by atoms with Crippen molar-refractivity contribution in [3.05, 3.63) is 59.2 Å². The van der Waals surface area contributed by atoms with Gasteiger partial charge >= 0.3 is 5.97 Å². The molecule has 1 saturated carbocycles. The molecule has 0 radical (unpaired) electrons. The van der Waals surface area contributed by atoms with Crippen molar-refractivity contribution in [2.24, 2.45) is 0 Å². The average Bonchev–Trinajstić information content (AvgIpc) is 3.53. The summed E-state index contributed by atoms with van der Waals surface area (Å²) in [6.07, 6.45) is 2.33. The Balaban J connectivity index is 1.50. The summed E-state index contributed by atoms with van der Waals surface area (Å²) in [5.41, 5.74) is 3.64. The van der Waals surface area contributed by atoms with E-state index in [-0.39, 0.29) is 30.3 Å². The maximum atomic E-state index is 12.5. The van der Waals surface area contributed by atoms with Gasteiger partial charge in [0.1, 0.15) is 0 Å². The largest absolute Gasteiger partial charge is 0.478 e. The van der Waals surface area contributed by atoms with Gasteiger partial charge in [-0.3, -0.25) is 14.5 Å². The second-order valence-corrected chi connectivity index (χ2v) is 7.75. The number of amides is 2. The molecule has 7 heteroatoms. The van der Waals surface area contributed by atoms with Crippen LogP contribution < -0.4 is 10.6 Å². The molecule has 158 valence electrons. The number of carboxylic acids is 1. The molecule has 0 spiro atoms. The number of carbonyl (C=O) groups is 3. The van der Waals surface area contributed by atoms with Gasteiger partial charge in [-0.1, -0.05) is 12.1 Å². The molecule has 0 saturated heterocycles. The highest BCUT2D eigenvalue weighted by molar-refractivity contribution is 5.94. The molecule has 0 aromatic heterocycles. The highest BCUT2D eigenvalue weighted by Gasteiger charge is 2.30. The van der Waals surface area contributed by atoms with Crippen LogP contribution in [0.2, 0.25) is 0 Å². The van der Waals surface area contributed by atoms with Crippen LogP contribution in [0.5, 0.6) is 0 Å². The minimum Gasteiger partial charge on any atom is -0.478 e. The van der Waals surface area contributed by atoms with E-state index in [1.165, 1.54) is 12.1 Å². The molecule has 30 heavy (non-hydrogen) atoms. The fourth-order valence-corrected chi connectivity index (χ4v) is 3.24. The Hall–Kier alpha value is -3.19. The van der Waals surface area contributed by atoms with Crippen LogP contribution in [0.25, 0.3) is 0 Å². The molecule has 3 N–H and O–H groups in total. The number of carboxylic acid groups (broad SMARTS) is 1. The van der Waals surface area contributed by atoms with Gasteiger partial charge in [-0.25, -0.2) is 4.79 Å². The third-order valence-electron chi connectivity index (χ3n) is 5.12. The smallest absolute Gasteiger partial charge is 0.335 e. The maximum absolute atomic E-state index is 12.5. The van der Waals surface area contributed by atoms with Crippen LogP contribution in [0.1, 0.15) is 40.7 Å². The Morgan fingerprint density at radius 1 is 1.00 bits per heavy atom. The second-order valence-electron chi connectivity index (χ2n) is 7.75. The number of aryl methyl sites for hydroxylation is 2. The maximum Gasteiger partial charge on any atom is 0.335 e. The summed E-state index contributed by atoms with van der Waals surface area (Å²) in [6, 6.07) is 12.3. The standard InChI is InChI=1S/C23H27N3O4/c1-15-3-4-16(2)20(13-15)25-22(28)14-26(19-9-10-19)12-11-21(27)24-18-7-5-17(6-8-18)23(29)30/h3-8,13,19H,9-12,14H2,1-2H3,(H,24,27)(H,25,28)(H,29,30).